The van der Waals surface area contributed by atoms with Gasteiger partial charge in [0.1, 0.15) is 11.9 Å². The van der Waals surface area contributed by atoms with Gasteiger partial charge in [-0.25, -0.2) is 4.98 Å². The number of aromatic nitrogens is 1. The average molecular weight is 266 g/mol. The fourth-order valence-electron chi connectivity index (χ4n) is 1.87. The molecule has 0 unspecified atom stereocenters. The van der Waals surface area contributed by atoms with Gasteiger partial charge in [0.25, 0.3) is 0 Å². The minimum absolute atomic E-state index is 0.255. The molecule has 0 aliphatic heterocycles. The van der Waals surface area contributed by atoms with Crippen molar-refractivity contribution in [1.82, 2.24) is 4.98 Å². The normalized spacial score (nSPS) is 10.3. The summed E-state index contributed by atoms with van der Waals surface area (Å²) < 4.78 is 0. The molecule has 0 saturated carbocycles. The van der Waals surface area contributed by atoms with E-state index in [9.17, 15) is 0 Å². The van der Waals surface area contributed by atoms with Crippen LogP contribution in [-0.2, 0) is 6.54 Å². The topological polar surface area (TPSA) is 74.7 Å². The van der Waals surface area contributed by atoms with Crippen LogP contribution in [0.1, 0.15) is 36.6 Å². The van der Waals surface area contributed by atoms with Crippen molar-refractivity contribution < 1.29 is 0 Å². The fraction of sp³-hybridized carbons (Fsp3) is 0.250. The summed E-state index contributed by atoms with van der Waals surface area (Å²) in [5.74, 6) is 1.19. The summed E-state index contributed by atoms with van der Waals surface area (Å²) in [7, 11) is 0. The van der Waals surface area contributed by atoms with Gasteiger partial charge in [-0.15, -0.1) is 0 Å². The maximum absolute atomic E-state index is 8.89. The van der Waals surface area contributed by atoms with Crippen molar-refractivity contribution in [3.8, 4) is 6.07 Å². The van der Waals surface area contributed by atoms with E-state index in [1.54, 1.807) is 12.1 Å². The van der Waals surface area contributed by atoms with Crippen molar-refractivity contribution in [2.24, 2.45) is 0 Å². The van der Waals surface area contributed by atoms with Crippen molar-refractivity contribution in [2.75, 3.05) is 11.1 Å². The molecule has 0 radical (unpaired) electrons. The second-order valence-electron chi connectivity index (χ2n) is 5.00. The lowest BCUT2D eigenvalue weighted by Gasteiger charge is -2.09. The molecule has 1 aromatic carbocycles. The van der Waals surface area contributed by atoms with Crippen LogP contribution >= 0.6 is 0 Å². The summed E-state index contributed by atoms with van der Waals surface area (Å²) in [6.45, 7) is 5.02. The van der Waals surface area contributed by atoms with E-state index in [0.717, 1.165) is 0 Å². The minimum atomic E-state index is 0.255. The van der Waals surface area contributed by atoms with Gasteiger partial charge < -0.3 is 11.1 Å². The lowest BCUT2D eigenvalue weighted by Crippen LogP contribution is -2.03. The standard InChI is InChI=1S/C16H18N4/c1-11(2)13-5-3-12(4-6-13)10-19-16-8-7-14(18)15(9-17)20-16/h3-8,11H,10,18H2,1-2H3,(H,19,20). The molecule has 0 spiro atoms. The van der Waals surface area contributed by atoms with Crippen LogP contribution in [0.25, 0.3) is 0 Å². The van der Waals surface area contributed by atoms with E-state index in [0.29, 0.717) is 24.0 Å². The molecule has 3 N–H and O–H groups in total. The maximum Gasteiger partial charge on any atom is 0.165 e. The van der Waals surface area contributed by atoms with Crippen LogP contribution in [0.5, 0.6) is 0 Å². The Morgan fingerprint density at radius 2 is 1.90 bits per heavy atom. The number of hydrogen-bond acceptors (Lipinski definition) is 4. The number of nitrogen functional groups attached to an aromatic ring is 1. The van der Waals surface area contributed by atoms with Gasteiger partial charge in [-0.3, -0.25) is 0 Å². The molecule has 0 saturated heterocycles. The Labute approximate surface area is 119 Å². The van der Waals surface area contributed by atoms with E-state index in [-0.39, 0.29) is 5.69 Å². The zero-order valence-electron chi connectivity index (χ0n) is 11.7. The number of benzene rings is 1. The number of nitrogens with zero attached hydrogens (tertiary/aromatic N) is 2. The van der Waals surface area contributed by atoms with E-state index < -0.39 is 0 Å². The molecular weight excluding hydrogens is 248 g/mol. The number of anilines is 2. The third-order valence-corrected chi connectivity index (χ3v) is 3.15. The van der Waals surface area contributed by atoms with Gasteiger partial charge in [0.2, 0.25) is 0 Å². The van der Waals surface area contributed by atoms with Gasteiger partial charge in [0.05, 0.1) is 5.69 Å². The largest absolute Gasteiger partial charge is 0.396 e. The summed E-state index contributed by atoms with van der Waals surface area (Å²) in [6.07, 6.45) is 0. The van der Waals surface area contributed by atoms with Crippen LogP contribution < -0.4 is 11.1 Å². The Morgan fingerprint density at radius 3 is 2.50 bits per heavy atom. The molecule has 4 nitrogen and oxygen atoms in total. The SMILES string of the molecule is CC(C)c1ccc(CNc2ccc(N)c(C#N)n2)cc1. The number of rotatable bonds is 4. The Balaban J connectivity index is 2.03. The predicted molar refractivity (Wildman–Crippen MR) is 81.2 cm³/mol. The number of nitrogens with two attached hydrogens (primary N) is 1. The second-order valence-corrected chi connectivity index (χ2v) is 5.00. The molecule has 0 aliphatic rings. The Hall–Kier alpha value is -2.54. The van der Waals surface area contributed by atoms with Gasteiger partial charge >= 0.3 is 0 Å². The number of hydrogen-bond donors (Lipinski definition) is 2. The molecule has 0 amide bonds. The summed E-state index contributed by atoms with van der Waals surface area (Å²) in [5, 5.41) is 12.1. The van der Waals surface area contributed by atoms with E-state index in [4.69, 9.17) is 11.0 Å². The molecular formula is C16H18N4. The first-order valence-corrected chi connectivity index (χ1v) is 6.59. The molecule has 2 aromatic rings. The smallest absolute Gasteiger partial charge is 0.165 e. The average Bonchev–Trinajstić information content (AvgIpc) is 2.46. The van der Waals surface area contributed by atoms with Gasteiger partial charge in [-0.05, 0) is 29.2 Å². The summed E-state index contributed by atoms with van der Waals surface area (Å²) in [4.78, 5) is 4.15. The van der Waals surface area contributed by atoms with E-state index in [1.807, 2.05) is 6.07 Å². The Bertz CT molecular complexity index is 624. The highest BCUT2D eigenvalue weighted by molar-refractivity contribution is 5.54. The van der Waals surface area contributed by atoms with Crippen LogP contribution in [0.2, 0.25) is 0 Å². The van der Waals surface area contributed by atoms with E-state index in [2.05, 4.69) is 48.4 Å². The van der Waals surface area contributed by atoms with Crippen LogP contribution in [-0.4, -0.2) is 4.98 Å². The Kier molecular flexibility index (Phi) is 4.21. The molecule has 20 heavy (non-hydrogen) atoms. The predicted octanol–water partition coefficient (Wildman–Crippen LogP) is 3.27. The van der Waals surface area contributed by atoms with Crippen molar-refractivity contribution in [3.63, 3.8) is 0 Å². The van der Waals surface area contributed by atoms with Gasteiger partial charge in [-0.2, -0.15) is 5.26 Å². The number of nitrogens with one attached hydrogen (secondary N) is 1. The highest BCUT2D eigenvalue weighted by Gasteiger charge is 2.03. The van der Waals surface area contributed by atoms with Crippen LogP contribution in [0, 0.1) is 11.3 Å². The molecule has 102 valence electrons. The second kappa shape index (κ2) is 6.07. The van der Waals surface area contributed by atoms with Crippen molar-refractivity contribution >= 4 is 11.5 Å². The monoisotopic (exact) mass is 266 g/mol. The molecule has 0 fully saturated rings. The zero-order valence-corrected chi connectivity index (χ0v) is 11.7. The van der Waals surface area contributed by atoms with Gasteiger partial charge in [0, 0.05) is 6.54 Å². The molecule has 1 heterocycles. The molecule has 0 aliphatic carbocycles. The molecule has 4 heteroatoms. The third-order valence-electron chi connectivity index (χ3n) is 3.15. The third kappa shape index (κ3) is 3.27. The number of pyridine rings is 1. The van der Waals surface area contributed by atoms with E-state index in [1.165, 1.54) is 11.1 Å². The highest BCUT2D eigenvalue weighted by atomic mass is 15.0. The van der Waals surface area contributed by atoms with Crippen molar-refractivity contribution in [1.29, 1.82) is 5.26 Å². The minimum Gasteiger partial charge on any atom is -0.396 e. The van der Waals surface area contributed by atoms with Crippen LogP contribution in [0.3, 0.4) is 0 Å². The van der Waals surface area contributed by atoms with Crippen molar-refractivity contribution in [3.05, 3.63) is 53.2 Å². The fourth-order valence-corrected chi connectivity index (χ4v) is 1.87. The van der Waals surface area contributed by atoms with Crippen LogP contribution in [0.15, 0.2) is 36.4 Å². The lowest BCUT2D eigenvalue weighted by molar-refractivity contribution is 0.865. The van der Waals surface area contributed by atoms with Crippen molar-refractivity contribution in [2.45, 2.75) is 26.3 Å². The van der Waals surface area contributed by atoms with Gasteiger partial charge in [-0.1, -0.05) is 38.1 Å². The first-order valence-electron chi connectivity index (χ1n) is 6.59. The Morgan fingerprint density at radius 1 is 1.20 bits per heavy atom. The van der Waals surface area contributed by atoms with Gasteiger partial charge in [0.15, 0.2) is 5.69 Å². The molecule has 0 atom stereocenters. The first kappa shape index (κ1) is 13.9. The summed E-state index contributed by atoms with van der Waals surface area (Å²) >= 11 is 0. The first-order chi connectivity index (χ1) is 9.60. The number of nitriles is 1. The highest BCUT2D eigenvalue weighted by Crippen LogP contribution is 2.16. The summed E-state index contributed by atoms with van der Waals surface area (Å²) in [6, 6.07) is 13.9. The lowest BCUT2D eigenvalue weighted by atomic mass is 10.0. The molecule has 0 bridgehead atoms. The zero-order chi connectivity index (χ0) is 14.5. The molecule has 2 rings (SSSR count). The van der Waals surface area contributed by atoms with Crippen LogP contribution in [0.4, 0.5) is 11.5 Å². The van der Waals surface area contributed by atoms with E-state index >= 15 is 0 Å². The quantitative estimate of drug-likeness (QED) is 0.890. The molecule has 1 aromatic heterocycles. The maximum atomic E-state index is 8.89. The summed E-state index contributed by atoms with van der Waals surface area (Å²) in [5.41, 5.74) is 8.79.